The lowest BCUT2D eigenvalue weighted by Crippen LogP contribution is -2.17. The average molecular weight is 267 g/mol. The van der Waals surface area contributed by atoms with Crippen molar-refractivity contribution >= 4 is 5.65 Å². The van der Waals surface area contributed by atoms with Gasteiger partial charge in [0.25, 0.3) is 0 Å². The lowest BCUT2D eigenvalue weighted by Gasteiger charge is -2.04. The Labute approximate surface area is 117 Å². The van der Waals surface area contributed by atoms with Crippen LogP contribution in [0.1, 0.15) is 17.1 Å². The Morgan fingerprint density at radius 2 is 2.10 bits per heavy atom. The van der Waals surface area contributed by atoms with Gasteiger partial charge in [-0.15, -0.1) is 10.2 Å². The predicted molar refractivity (Wildman–Crippen MR) is 77.4 cm³/mol. The molecule has 0 spiro atoms. The van der Waals surface area contributed by atoms with Gasteiger partial charge in [-0.3, -0.25) is 9.38 Å². The molecular formula is C15H17N5. The van der Waals surface area contributed by atoms with Gasteiger partial charge in [0.2, 0.25) is 0 Å². The second-order valence-electron chi connectivity index (χ2n) is 4.78. The lowest BCUT2D eigenvalue weighted by atomic mass is 10.2. The van der Waals surface area contributed by atoms with Crippen molar-refractivity contribution in [2.45, 2.75) is 19.9 Å². The Balaban J connectivity index is 1.54. The van der Waals surface area contributed by atoms with E-state index < -0.39 is 0 Å². The van der Waals surface area contributed by atoms with E-state index in [9.17, 15) is 0 Å². The molecule has 5 heteroatoms. The van der Waals surface area contributed by atoms with Gasteiger partial charge in [-0.25, -0.2) is 0 Å². The number of hydrogen-bond donors (Lipinski definition) is 1. The highest BCUT2D eigenvalue weighted by molar-refractivity contribution is 5.37. The van der Waals surface area contributed by atoms with E-state index in [1.807, 2.05) is 48.0 Å². The van der Waals surface area contributed by atoms with E-state index in [-0.39, 0.29) is 0 Å². The first-order chi connectivity index (χ1) is 9.83. The summed E-state index contributed by atoms with van der Waals surface area (Å²) in [6.45, 7) is 3.68. The molecule has 0 aliphatic rings. The molecule has 1 N–H and O–H groups in total. The summed E-state index contributed by atoms with van der Waals surface area (Å²) in [5.74, 6) is 0.982. The Kier molecular flexibility index (Phi) is 3.69. The summed E-state index contributed by atoms with van der Waals surface area (Å²) in [5.41, 5.74) is 3.13. The molecule has 0 unspecified atom stereocenters. The second kappa shape index (κ2) is 5.79. The van der Waals surface area contributed by atoms with Gasteiger partial charge in [0.1, 0.15) is 5.82 Å². The SMILES string of the molecule is Cc1ccc(CNCCc2nnc3ccccn23)cn1. The number of nitrogens with one attached hydrogen (secondary N) is 1. The molecule has 0 saturated carbocycles. The zero-order valence-corrected chi connectivity index (χ0v) is 11.5. The molecule has 3 aromatic rings. The van der Waals surface area contributed by atoms with Crippen molar-refractivity contribution in [1.29, 1.82) is 0 Å². The molecule has 0 atom stereocenters. The summed E-state index contributed by atoms with van der Waals surface area (Å²) in [4.78, 5) is 4.28. The van der Waals surface area contributed by atoms with Crippen LogP contribution in [0.3, 0.4) is 0 Å². The van der Waals surface area contributed by atoms with Crippen LogP contribution >= 0.6 is 0 Å². The summed E-state index contributed by atoms with van der Waals surface area (Å²) in [6, 6.07) is 10.1. The second-order valence-corrected chi connectivity index (χ2v) is 4.78. The number of aromatic nitrogens is 4. The fourth-order valence-electron chi connectivity index (χ4n) is 2.10. The molecule has 0 aliphatic heterocycles. The molecule has 3 aromatic heterocycles. The summed E-state index contributed by atoms with van der Waals surface area (Å²) in [5, 5.41) is 11.8. The fraction of sp³-hybridized carbons (Fsp3) is 0.267. The molecule has 102 valence electrons. The Bertz CT molecular complexity index is 687. The van der Waals surface area contributed by atoms with Crippen LogP contribution < -0.4 is 5.32 Å². The van der Waals surface area contributed by atoms with E-state index in [2.05, 4.69) is 26.6 Å². The number of aryl methyl sites for hydroxylation is 1. The van der Waals surface area contributed by atoms with Crippen molar-refractivity contribution in [1.82, 2.24) is 24.9 Å². The molecule has 3 heterocycles. The van der Waals surface area contributed by atoms with Gasteiger partial charge in [0.05, 0.1) is 0 Å². The largest absolute Gasteiger partial charge is 0.312 e. The summed E-state index contributed by atoms with van der Waals surface area (Å²) in [7, 11) is 0. The van der Waals surface area contributed by atoms with Gasteiger partial charge in [-0.2, -0.15) is 0 Å². The molecule has 0 aliphatic carbocycles. The highest BCUT2D eigenvalue weighted by Gasteiger charge is 2.03. The molecule has 3 rings (SSSR count). The van der Waals surface area contributed by atoms with Gasteiger partial charge in [-0.1, -0.05) is 12.1 Å². The van der Waals surface area contributed by atoms with E-state index >= 15 is 0 Å². The first-order valence-corrected chi connectivity index (χ1v) is 6.74. The first-order valence-electron chi connectivity index (χ1n) is 6.74. The Morgan fingerprint density at radius 3 is 2.95 bits per heavy atom. The van der Waals surface area contributed by atoms with Crippen molar-refractivity contribution in [3.63, 3.8) is 0 Å². The minimum absolute atomic E-state index is 0.823. The van der Waals surface area contributed by atoms with E-state index in [4.69, 9.17) is 0 Å². The normalized spacial score (nSPS) is 11.1. The van der Waals surface area contributed by atoms with Crippen molar-refractivity contribution < 1.29 is 0 Å². The van der Waals surface area contributed by atoms with Gasteiger partial charge in [0, 0.05) is 37.6 Å². The molecule has 0 bridgehead atoms. The molecule has 0 aromatic carbocycles. The highest BCUT2D eigenvalue weighted by Crippen LogP contribution is 2.03. The number of pyridine rings is 2. The third kappa shape index (κ3) is 2.83. The molecule has 0 radical (unpaired) electrons. The van der Waals surface area contributed by atoms with Crippen LogP contribution in [0.4, 0.5) is 0 Å². The quantitative estimate of drug-likeness (QED) is 0.716. The van der Waals surface area contributed by atoms with Crippen molar-refractivity contribution in [2.75, 3.05) is 6.54 Å². The van der Waals surface area contributed by atoms with E-state index in [0.717, 1.165) is 36.7 Å². The lowest BCUT2D eigenvalue weighted by molar-refractivity contribution is 0.665. The van der Waals surface area contributed by atoms with Crippen molar-refractivity contribution in [3.8, 4) is 0 Å². The van der Waals surface area contributed by atoms with Crippen LogP contribution in [0.15, 0.2) is 42.7 Å². The summed E-state index contributed by atoms with van der Waals surface area (Å²) >= 11 is 0. The van der Waals surface area contributed by atoms with E-state index in [0.29, 0.717) is 0 Å². The van der Waals surface area contributed by atoms with Crippen LogP contribution in [-0.4, -0.2) is 26.1 Å². The minimum atomic E-state index is 0.823. The minimum Gasteiger partial charge on any atom is -0.312 e. The standard InChI is InChI=1S/C15H17N5/c1-12-5-6-13(11-17-12)10-16-8-7-15-19-18-14-4-2-3-9-20(14)15/h2-6,9,11,16H,7-8,10H2,1H3. The molecule has 5 nitrogen and oxygen atoms in total. The van der Waals surface area contributed by atoms with E-state index in [1.165, 1.54) is 5.56 Å². The first kappa shape index (κ1) is 12.7. The number of rotatable bonds is 5. The molecular weight excluding hydrogens is 250 g/mol. The van der Waals surface area contributed by atoms with Crippen molar-refractivity contribution in [2.24, 2.45) is 0 Å². The van der Waals surface area contributed by atoms with Gasteiger partial charge in [-0.05, 0) is 30.7 Å². The van der Waals surface area contributed by atoms with Crippen LogP contribution in [0.5, 0.6) is 0 Å². The maximum Gasteiger partial charge on any atom is 0.160 e. The Hall–Kier alpha value is -2.27. The molecule has 0 amide bonds. The smallest absolute Gasteiger partial charge is 0.160 e. The summed E-state index contributed by atoms with van der Waals surface area (Å²) < 4.78 is 2.02. The monoisotopic (exact) mass is 267 g/mol. The molecule has 0 saturated heterocycles. The number of hydrogen-bond acceptors (Lipinski definition) is 4. The maximum atomic E-state index is 4.28. The van der Waals surface area contributed by atoms with Gasteiger partial charge >= 0.3 is 0 Å². The van der Waals surface area contributed by atoms with Gasteiger partial charge < -0.3 is 5.32 Å². The van der Waals surface area contributed by atoms with Gasteiger partial charge in [0.15, 0.2) is 5.65 Å². The van der Waals surface area contributed by atoms with Crippen LogP contribution in [-0.2, 0) is 13.0 Å². The topological polar surface area (TPSA) is 55.1 Å². The third-order valence-electron chi connectivity index (χ3n) is 3.21. The highest BCUT2D eigenvalue weighted by atomic mass is 15.2. The van der Waals surface area contributed by atoms with E-state index in [1.54, 1.807) is 0 Å². The Morgan fingerprint density at radius 1 is 1.15 bits per heavy atom. The third-order valence-corrected chi connectivity index (χ3v) is 3.21. The van der Waals surface area contributed by atoms with Crippen LogP contribution in [0, 0.1) is 6.92 Å². The molecule has 20 heavy (non-hydrogen) atoms. The fourth-order valence-corrected chi connectivity index (χ4v) is 2.10. The average Bonchev–Trinajstić information content (AvgIpc) is 2.89. The predicted octanol–water partition coefficient (Wildman–Crippen LogP) is 1.77. The zero-order chi connectivity index (χ0) is 13.8. The van der Waals surface area contributed by atoms with Crippen LogP contribution in [0.2, 0.25) is 0 Å². The zero-order valence-electron chi connectivity index (χ0n) is 11.5. The van der Waals surface area contributed by atoms with Crippen LogP contribution in [0.25, 0.3) is 5.65 Å². The summed E-state index contributed by atoms with van der Waals surface area (Å²) in [6.07, 6.45) is 4.76. The number of nitrogens with zero attached hydrogens (tertiary/aromatic N) is 4. The number of fused-ring (bicyclic) bond motifs is 1. The molecule has 0 fully saturated rings. The maximum absolute atomic E-state index is 4.28. The van der Waals surface area contributed by atoms with Crippen molar-refractivity contribution in [3.05, 3.63) is 59.8 Å².